The minimum Gasteiger partial charge on any atom is -0.478 e. The lowest BCUT2D eigenvalue weighted by Gasteiger charge is -2.07. The number of rotatable bonds is 6. The molecule has 0 aliphatic rings. The summed E-state index contributed by atoms with van der Waals surface area (Å²) in [6, 6.07) is 3.37. The van der Waals surface area contributed by atoms with Crippen molar-refractivity contribution in [2.75, 3.05) is 13.2 Å². The van der Waals surface area contributed by atoms with E-state index in [4.69, 9.17) is 21.8 Å². The van der Waals surface area contributed by atoms with Crippen molar-refractivity contribution in [1.82, 2.24) is 4.72 Å². The van der Waals surface area contributed by atoms with Crippen LogP contribution in [0.3, 0.4) is 0 Å². The Morgan fingerprint density at radius 1 is 1.39 bits per heavy atom. The Hall–Kier alpha value is -1.15. The fourth-order valence-electron chi connectivity index (χ4n) is 1.21. The molecular formula is C10H12ClNO5S. The van der Waals surface area contributed by atoms with Crippen LogP contribution < -0.4 is 4.72 Å². The lowest BCUT2D eigenvalue weighted by molar-refractivity contribution is 0.0697. The number of benzene rings is 1. The quantitative estimate of drug-likeness (QED) is 0.670. The number of aliphatic hydroxyl groups excluding tert-OH is 1. The first-order valence-corrected chi connectivity index (χ1v) is 6.88. The number of nitrogens with one attached hydrogen (secondary N) is 1. The molecule has 0 amide bonds. The van der Waals surface area contributed by atoms with Gasteiger partial charge in [-0.25, -0.2) is 17.9 Å². The van der Waals surface area contributed by atoms with Crippen molar-refractivity contribution in [2.24, 2.45) is 0 Å². The number of carboxylic acids is 1. The summed E-state index contributed by atoms with van der Waals surface area (Å²) < 4.78 is 25.7. The Kier molecular flexibility index (Phi) is 5.09. The second kappa shape index (κ2) is 6.14. The largest absolute Gasteiger partial charge is 0.478 e. The van der Waals surface area contributed by atoms with Crippen LogP contribution in [0.15, 0.2) is 23.1 Å². The van der Waals surface area contributed by atoms with Gasteiger partial charge in [-0.2, -0.15) is 0 Å². The third-order valence-corrected chi connectivity index (χ3v) is 3.88. The van der Waals surface area contributed by atoms with Crippen LogP contribution in [0.4, 0.5) is 0 Å². The molecule has 18 heavy (non-hydrogen) atoms. The molecule has 0 unspecified atom stereocenters. The lowest BCUT2D eigenvalue weighted by atomic mass is 10.2. The molecule has 0 fully saturated rings. The fraction of sp³-hybridized carbons (Fsp3) is 0.300. The molecule has 1 aromatic carbocycles. The highest BCUT2D eigenvalue weighted by Gasteiger charge is 2.17. The Morgan fingerprint density at radius 3 is 2.56 bits per heavy atom. The molecule has 100 valence electrons. The zero-order valence-electron chi connectivity index (χ0n) is 9.26. The maximum Gasteiger partial charge on any atom is 0.337 e. The Morgan fingerprint density at radius 2 is 2.06 bits per heavy atom. The number of hydrogen-bond acceptors (Lipinski definition) is 4. The van der Waals surface area contributed by atoms with Crippen molar-refractivity contribution >= 4 is 27.6 Å². The molecule has 0 saturated carbocycles. The van der Waals surface area contributed by atoms with E-state index in [2.05, 4.69) is 4.72 Å². The van der Waals surface area contributed by atoms with Crippen LogP contribution >= 0.6 is 11.6 Å². The van der Waals surface area contributed by atoms with Gasteiger partial charge in [0.15, 0.2) is 0 Å². The predicted octanol–water partition coefficient (Wildman–Crippen LogP) is 0.699. The van der Waals surface area contributed by atoms with Gasteiger partial charge in [-0.05, 0) is 24.6 Å². The second-order valence-corrected chi connectivity index (χ2v) is 5.60. The van der Waals surface area contributed by atoms with E-state index in [-0.39, 0.29) is 28.6 Å². The van der Waals surface area contributed by atoms with Crippen molar-refractivity contribution in [2.45, 2.75) is 11.3 Å². The molecule has 0 saturated heterocycles. The van der Waals surface area contributed by atoms with Crippen LogP contribution in [-0.2, 0) is 10.0 Å². The first-order chi connectivity index (χ1) is 8.38. The minimum atomic E-state index is -3.74. The number of carboxylic acid groups (broad SMARTS) is 1. The summed E-state index contributed by atoms with van der Waals surface area (Å²) in [7, 11) is -3.74. The average Bonchev–Trinajstić information content (AvgIpc) is 2.28. The molecule has 0 aliphatic heterocycles. The van der Waals surface area contributed by atoms with Crippen molar-refractivity contribution < 1.29 is 23.4 Å². The second-order valence-electron chi connectivity index (χ2n) is 3.42. The van der Waals surface area contributed by atoms with E-state index in [0.29, 0.717) is 6.42 Å². The van der Waals surface area contributed by atoms with E-state index in [9.17, 15) is 13.2 Å². The predicted molar refractivity (Wildman–Crippen MR) is 65.3 cm³/mol. The third-order valence-electron chi connectivity index (χ3n) is 2.11. The van der Waals surface area contributed by atoms with Gasteiger partial charge in [-0.1, -0.05) is 11.6 Å². The molecule has 0 atom stereocenters. The average molecular weight is 294 g/mol. The topological polar surface area (TPSA) is 104 Å². The van der Waals surface area contributed by atoms with E-state index in [1.54, 1.807) is 0 Å². The van der Waals surface area contributed by atoms with Crippen molar-refractivity contribution in [3.8, 4) is 0 Å². The first-order valence-electron chi connectivity index (χ1n) is 5.02. The van der Waals surface area contributed by atoms with Gasteiger partial charge in [-0.3, -0.25) is 0 Å². The Balaban J connectivity index is 2.97. The van der Waals surface area contributed by atoms with Gasteiger partial charge >= 0.3 is 5.97 Å². The normalized spacial score (nSPS) is 11.4. The highest BCUT2D eigenvalue weighted by Crippen LogP contribution is 2.20. The highest BCUT2D eigenvalue weighted by atomic mass is 35.5. The lowest BCUT2D eigenvalue weighted by Crippen LogP contribution is -2.25. The van der Waals surface area contributed by atoms with Crippen LogP contribution in [0.1, 0.15) is 16.8 Å². The van der Waals surface area contributed by atoms with Crippen LogP contribution in [-0.4, -0.2) is 37.8 Å². The van der Waals surface area contributed by atoms with Gasteiger partial charge in [0.1, 0.15) is 0 Å². The molecule has 3 N–H and O–H groups in total. The Labute approximate surface area is 109 Å². The van der Waals surface area contributed by atoms with E-state index < -0.39 is 16.0 Å². The smallest absolute Gasteiger partial charge is 0.337 e. The molecule has 8 heteroatoms. The number of aromatic carboxylic acids is 1. The first kappa shape index (κ1) is 14.9. The summed E-state index contributed by atoms with van der Waals surface area (Å²) in [6.45, 7) is -0.0294. The number of carbonyl (C=O) groups is 1. The van der Waals surface area contributed by atoms with Gasteiger partial charge < -0.3 is 10.2 Å². The molecule has 6 nitrogen and oxygen atoms in total. The Bertz CT molecular complexity index is 543. The molecule has 0 aromatic heterocycles. The maximum atomic E-state index is 11.7. The van der Waals surface area contributed by atoms with Crippen molar-refractivity contribution in [3.05, 3.63) is 28.8 Å². The summed E-state index contributed by atoms with van der Waals surface area (Å²) in [6.07, 6.45) is 0.292. The summed E-state index contributed by atoms with van der Waals surface area (Å²) in [5, 5.41) is 17.2. The van der Waals surface area contributed by atoms with Crippen LogP contribution in [0, 0.1) is 0 Å². The minimum absolute atomic E-state index is 0.0944. The van der Waals surface area contributed by atoms with Crippen LogP contribution in [0.25, 0.3) is 0 Å². The van der Waals surface area contributed by atoms with Crippen LogP contribution in [0.2, 0.25) is 5.02 Å². The number of halogens is 1. The van der Waals surface area contributed by atoms with E-state index in [1.807, 2.05) is 0 Å². The molecule has 0 heterocycles. The monoisotopic (exact) mass is 293 g/mol. The fourth-order valence-corrected chi connectivity index (χ4v) is 2.63. The van der Waals surface area contributed by atoms with Gasteiger partial charge in [0.05, 0.1) is 15.5 Å². The van der Waals surface area contributed by atoms with Gasteiger partial charge in [0.2, 0.25) is 10.0 Å². The number of sulfonamides is 1. The SMILES string of the molecule is O=C(O)c1ccc(S(=O)(=O)NCCCO)cc1Cl. The molecule has 0 spiro atoms. The van der Waals surface area contributed by atoms with Crippen LogP contribution in [0.5, 0.6) is 0 Å². The van der Waals surface area contributed by atoms with Gasteiger partial charge in [0, 0.05) is 13.2 Å². The van der Waals surface area contributed by atoms with E-state index in [1.165, 1.54) is 0 Å². The molecule has 1 rings (SSSR count). The molecule has 1 aromatic rings. The van der Waals surface area contributed by atoms with E-state index in [0.717, 1.165) is 18.2 Å². The zero-order valence-corrected chi connectivity index (χ0v) is 10.8. The third kappa shape index (κ3) is 3.67. The standard InChI is InChI=1S/C10H12ClNO5S/c11-9-6-7(2-3-8(9)10(14)15)18(16,17)12-4-1-5-13/h2-3,6,12-13H,1,4-5H2,(H,14,15). The summed E-state index contributed by atoms with van der Waals surface area (Å²) >= 11 is 5.68. The molecular weight excluding hydrogens is 282 g/mol. The van der Waals surface area contributed by atoms with Crippen molar-refractivity contribution in [3.63, 3.8) is 0 Å². The van der Waals surface area contributed by atoms with E-state index >= 15 is 0 Å². The maximum absolute atomic E-state index is 11.7. The summed E-state index contributed by atoms with van der Waals surface area (Å²) in [4.78, 5) is 10.6. The molecule has 0 aliphatic carbocycles. The van der Waals surface area contributed by atoms with Gasteiger partial charge in [-0.15, -0.1) is 0 Å². The van der Waals surface area contributed by atoms with Gasteiger partial charge in [0.25, 0.3) is 0 Å². The van der Waals surface area contributed by atoms with Crippen molar-refractivity contribution in [1.29, 1.82) is 0 Å². The zero-order chi connectivity index (χ0) is 13.8. The molecule has 0 radical (unpaired) electrons. The summed E-state index contributed by atoms with van der Waals surface area (Å²) in [5.74, 6) is -1.22. The molecule has 0 bridgehead atoms. The highest BCUT2D eigenvalue weighted by molar-refractivity contribution is 7.89. The summed E-state index contributed by atoms with van der Waals surface area (Å²) in [5.41, 5.74) is -0.161. The number of aliphatic hydroxyl groups is 1. The number of hydrogen-bond donors (Lipinski definition) is 3.